The largest absolute Gasteiger partial charge is 0.480 e. The van der Waals surface area contributed by atoms with Crippen LogP contribution in [0.5, 0.6) is 0 Å². The lowest BCUT2D eigenvalue weighted by Crippen LogP contribution is -2.56. The molecule has 1 amide bonds. The van der Waals surface area contributed by atoms with Gasteiger partial charge in [0.15, 0.2) is 0 Å². The highest BCUT2D eigenvalue weighted by molar-refractivity contribution is 9.10. The Balaban J connectivity index is 2.41. The molecule has 1 aliphatic carbocycles. The highest BCUT2D eigenvalue weighted by Gasteiger charge is 2.41. The minimum absolute atomic E-state index is 0.00373. The quantitative estimate of drug-likeness (QED) is 0.641. The van der Waals surface area contributed by atoms with Crippen LogP contribution in [0.4, 0.5) is 0 Å². The van der Waals surface area contributed by atoms with Gasteiger partial charge in [-0.3, -0.25) is 9.59 Å². The van der Waals surface area contributed by atoms with Gasteiger partial charge in [0, 0.05) is 16.7 Å². The SMILES string of the molecule is CCCCn1c(CCC)c(Br)cc(C(=O)NC2(C(=O)O)CCCCC2)c1=O. The second kappa shape index (κ2) is 9.53. The number of nitrogens with one attached hydrogen (secondary N) is 1. The van der Waals surface area contributed by atoms with Gasteiger partial charge in [-0.2, -0.15) is 0 Å². The fourth-order valence-electron chi connectivity index (χ4n) is 3.71. The maximum Gasteiger partial charge on any atom is 0.329 e. The van der Waals surface area contributed by atoms with Crippen LogP contribution in [-0.2, 0) is 17.8 Å². The fourth-order valence-corrected chi connectivity index (χ4v) is 4.35. The summed E-state index contributed by atoms with van der Waals surface area (Å²) in [6.07, 6.45) is 6.67. The van der Waals surface area contributed by atoms with Crippen molar-refractivity contribution >= 4 is 27.8 Å². The van der Waals surface area contributed by atoms with Crippen molar-refractivity contribution in [1.29, 1.82) is 0 Å². The highest BCUT2D eigenvalue weighted by Crippen LogP contribution is 2.29. The number of carbonyl (C=O) groups excluding carboxylic acids is 1. The molecule has 0 radical (unpaired) electrons. The Morgan fingerprint density at radius 3 is 2.44 bits per heavy atom. The molecule has 150 valence electrons. The summed E-state index contributed by atoms with van der Waals surface area (Å²) in [5.41, 5.74) is -0.726. The van der Waals surface area contributed by atoms with Gasteiger partial charge in [-0.1, -0.05) is 46.0 Å². The van der Waals surface area contributed by atoms with E-state index in [0.717, 1.165) is 55.1 Å². The van der Waals surface area contributed by atoms with E-state index >= 15 is 0 Å². The Hall–Kier alpha value is -1.63. The van der Waals surface area contributed by atoms with Gasteiger partial charge in [0.25, 0.3) is 11.5 Å². The summed E-state index contributed by atoms with van der Waals surface area (Å²) >= 11 is 3.50. The summed E-state index contributed by atoms with van der Waals surface area (Å²) in [6, 6.07) is 1.55. The third-order valence-corrected chi connectivity index (χ3v) is 5.97. The van der Waals surface area contributed by atoms with Gasteiger partial charge in [0.2, 0.25) is 0 Å². The molecule has 2 N–H and O–H groups in total. The summed E-state index contributed by atoms with van der Waals surface area (Å²) in [7, 11) is 0. The van der Waals surface area contributed by atoms with Gasteiger partial charge in [-0.25, -0.2) is 4.79 Å². The number of amides is 1. The van der Waals surface area contributed by atoms with Crippen LogP contribution in [0.25, 0.3) is 0 Å². The topological polar surface area (TPSA) is 88.4 Å². The number of hydrogen-bond donors (Lipinski definition) is 2. The van der Waals surface area contributed by atoms with E-state index in [4.69, 9.17) is 0 Å². The first-order chi connectivity index (χ1) is 12.9. The molecule has 0 unspecified atom stereocenters. The minimum atomic E-state index is -1.27. The number of carboxylic acid groups (broad SMARTS) is 1. The lowest BCUT2D eigenvalue weighted by Gasteiger charge is -2.34. The zero-order chi connectivity index (χ0) is 20.0. The lowest BCUT2D eigenvalue weighted by molar-refractivity contribution is -0.145. The molecule has 7 heteroatoms. The minimum Gasteiger partial charge on any atom is -0.480 e. The van der Waals surface area contributed by atoms with E-state index in [1.165, 1.54) is 0 Å². The first-order valence-corrected chi connectivity index (χ1v) is 10.6. The van der Waals surface area contributed by atoms with Crippen molar-refractivity contribution in [2.24, 2.45) is 0 Å². The number of rotatable bonds is 8. The van der Waals surface area contributed by atoms with Crippen LogP contribution in [0.1, 0.15) is 81.3 Å². The third kappa shape index (κ3) is 4.81. The molecule has 0 spiro atoms. The number of carbonyl (C=O) groups is 2. The predicted octanol–water partition coefficient (Wildman–Crippen LogP) is 3.88. The number of aliphatic carboxylic acids is 1. The van der Waals surface area contributed by atoms with Crippen LogP contribution in [0.3, 0.4) is 0 Å². The summed E-state index contributed by atoms with van der Waals surface area (Å²) in [5.74, 6) is -1.62. The van der Waals surface area contributed by atoms with Crippen LogP contribution >= 0.6 is 15.9 Å². The maximum absolute atomic E-state index is 13.0. The number of pyridine rings is 1. The molecule has 6 nitrogen and oxygen atoms in total. The fraction of sp³-hybridized carbons (Fsp3) is 0.650. The van der Waals surface area contributed by atoms with Crippen LogP contribution < -0.4 is 10.9 Å². The maximum atomic E-state index is 13.0. The molecular formula is C20H29BrN2O4. The van der Waals surface area contributed by atoms with Crippen LogP contribution in [0.15, 0.2) is 15.3 Å². The molecule has 1 fully saturated rings. The molecule has 1 aromatic rings. The second-order valence-corrected chi connectivity index (χ2v) is 8.17. The molecule has 1 aromatic heterocycles. The molecule has 0 aliphatic heterocycles. The summed E-state index contributed by atoms with van der Waals surface area (Å²) < 4.78 is 2.39. The van der Waals surface area contributed by atoms with Crippen molar-refractivity contribution in [2.75, 3.05) is 0 Å². The second-order valence-electron chi connectivity index (χ2n) is 7.32. The Labute approximate surface area is 168 Å². The molecule has 0 saturated heterocycles. The van der Waals surface area contributed by atoms with Gasteiger partial charge in [0.05, 0.1) is 0 Å². The first kappa shape index (κ1) is 21.7. The van der Waals surface area contributed by atoms with E-state index in [0.29, 0.717) is 19.4 Å². The van der Waals surface area contributed by atoms with Gasteiger partial charge in [-0.15, -0.1) is 0 Å². The van der Waals surface area contributed by atoms with Crippen LogP contribution in [-0.4, -0.2) is 27.1 Å². The Morgan fingerprint density at radius 2 is 1.89 bits per heavy atom. The molecule has 1 saturated carbocycles. The molecule has 0 aromatic carbocycles. The van der Waals surface area contributed by atoms with Gasteiger partial charge < -0.3 is 15.0 Å². The van der Waals surface area contributed by atoms with Crippen molar-refractivity contribution in [2.45, 2.75) is 83.7 Å². The van der Waals surface area contributed by atoms with Gasteiger partial charge in [0.1, 0.15) is 11.1 Å². The average molecular weight is 441 g/mol. The molecule has 1 aliphatic rings. The van der Waals surface area contributed by atoms with Crippen LogP contribution in [0.2, 0.25) is 0 Å². The summed E-state index contributed by atoms with van der Waals surface area (Å²) in [5, 5.41) is 12.4. The van der Waals surface area contributed by atoms with E-state index in [1.807, 2.05) is 6.92 Å². The number of aromatic nitrogens is 1. The van der Waals surface area contributed by atoms with E-state index in [9.17, 15) is 19.5 Å². The van der Waals surface area contributed by atoms with E-state index in [1.54, 1.807) is 10.6 Å². The highest BCUT2D eigenvalue weighted by atomic mass is 79.9. The zero-order valence-electron chi connectivity index (χ0n) is 16.1. The standard InChI is InChI=1S/C20H29BrN2O4/c1-3-5-12-23-16(9-4-2)15(21)13-14(18(23)25)17(24)22-20(19(26)27)10-7-6-8-11-20/h13H,3-12H2,1-2H3,(H,22,24)(H,26,27). The molecule has 27 heavy (non-hydrogen) atoms. The Kier molecular flexibility index (Phi) is 7.65. The molecule has 1 heterocycles. The number of halogens is 1. The van der Waals surface area contributed by atoms with Gasteiger partial charge in [-0.05, 0) is 47.7 Å². The zero-order valence-corrected chi connectivity index (χ0v) is 17.7. The van der Waals surface area contributed by atoms with Crippen molar-refractivity contribution in [1.82, 2.24) is 9.88 Å². The van der Waals surface area contributed by atoms with Gasteiger partial charge >= 0.3 is 5.97 Å². The Bertz CT molecular complexity index is 751. The first-order valence-electron chi connectivity index (χ1n) is 9.84. The number of hydrogen-bond acceptors (Lipinski definition) is 3. The number of nitrogens with zero attached hydrogens (tertiary/aromatic N) is 1. The molecule has 2 rings (SSSR count). The molecular weight excluding hydrogens is 412 g/mol. The van der Waals surface area contributed by atoms with E-state index in [-0.39, 0.29) is 11.1 Å². The smallest absolute Gasteiger partial charge is 0.329 e. The monoisotopic (exact) mass is 440 g/mol. The average Bonchev–Trinajstić information content (AvgIpc) is 2.64. The van der Waals surface area contributed by atoms with E-state index < -0.39 is 17.4 Å². The van der Waals surface area contributed by atoms with Crippen LogP contribution in [0, 0.1) is 0 Å². The van der Waals surface area contributed by atoms with E-state index in [2.05, 4.69) is 28.2 Å². The summed E-state index contributed by atoms with van der Waals surface area (Å²) in [6.45, 7) is 4.64. The normalized spacial score (nSPS) is 16.1. The Morgan fingerprint density at radius 1 is 1.22 bits per heavy atom. The van der Waals surface area contributed by atoms with Crippen molar-refractivity contribution in [3.63, 3.8) is 0 Å². The van der Waals surface area contributed by atoms with Crippen molar-refractivity contribution in [3.05, 3.63) is 32.2 Å². The molecule has 0 atom stereocenters. The van der Waals surface area contributed by atoms with Crippen molar-refractivity contribution in [3.8, 4) is 0 Å². The van der Waals surface area contributed by atoms with Crippen molar-refractivity contribution < 1.29 is 14.7 Å². The predicted molar refractivity (Wildman–Crippen MR) is 108 cm³/mol. The third-order valence-electron chi connectivity index (χ3n) is 5.28. The number of unbranched alkanes of at least 4 members (excludes halogenated alkanes) is 1. The summed E-state index contributed by atoms with van der Waals surface area (Å²) in [4.78, 5) is 37.7. The number of carboxylic acids is 1. The molecule has 0 bridgehead atoms. The lowest BCUT2D eigenvalue weighted by atomic mass is 9.81.